The molecule has 3 rings (SSSR count). The van der Waals surface area contributed by atoms with Crippen LogP contribution in [0.4, 0.5) is 0 Å². The van der Waals surface area contributed by atoms with Gasteiger partial charge >= 0.3 is 0 Å². The number of hydrogen-bond donors (Lipinski definition) is 0. The molecule has 0 aliphatic carbocycles. The van der Waals surface area contributed by atoms with Crippen molar-refractivity contribution in [3.05, 3.63) is 53.1 Å². The Morgan fingerprint density at radius 3 is 2.96 bits per heavy atom. The quantitative estimate of drug-likeness (QED) is 0.848. The topological polar surface area (TPSA) is 47.4 Å². The second-order valence-corrected chi connectivity index (χ2v) is 6.48. The van der Waals surface area contributed by atoms with Gasteiger partial charge in [0.15, 0.2) is 0 Å². The molecule has 5 nitrogen and oxygen atoms in total. The van der Waals surface area contributed by atoms with Crippen LogP contribution in [0, 0.1) is 13.8 Å². The lowest BCUT2D eigenvalue weighted by Crippen LogP contribution is -2.34. The maximum atomic E-state index is 12.6. The molecule has 1 unspecified atom stereocenters. The minimum atomic E-state index is 0.0626. The first-order chi connectivity index (χ1) is 11.6. The smallest absolute Gasteiger partial charge is 0.249 e. The molecule has 1 amide bonds. The molecule has 1 aliphatic rings. The van der Waals surface area contributed by atoms with Crippen LogP contribution in [0.25, 0.3) is 0 Å². The van der Waals surface area contributed by atoms with E-state index in [1.54, 1.807) is 6.20 Å². The SMILES string of the molecule is Cc1cccc(C2CCCN2C(=O)COCc2nccn2C)c1C. The van der Waals surface area contributed by atoms with Crippen LogP contribution in [0.1, 0.15) is 41.4 Å². The Morgan fingerprint density at radius 2 is 2.21 bits per heavy atom. The summed E-state index contributed by atoms with van der Waals surface area (Å²) in [6, 6.07) is 6.52. The van der Waals surface area contributed by atoms with Crippen LogP contribution in [0.5, 0.6) is 0 Å². The zero-order valence-electron chi connectivity index (χ0n) is 14.7. The normalized spacial score (nSPS) is 17.5. The van der Waals surface area contributed by atoms with Crippen molar-refractivity contribution in [3.63, 3.8) is 0 Å². The van der Waals surface area contributed by atoms with Crippen LogP contribution >= 0.6 is 0 Å². The van der Waals surface area contributed by atoms with E-state index in [9.17, 15) is 4.79 Å². The van der Waals surface area contributed by atoms with Crippen LogP contribution in [0.2, 0.25) is 0 Å². The molecule has 1 aliphatic heterocycles. The van der Waals surface area contributed by atoms with Crippen LogP contribution < -0.4 is 0 Å². The van der Waals surface area contributed by atoms with E-state index in [1.807, 2.05) is 22.7 Å². The van der Waals surface area contributed by atoms with Crippen LogP contribution in [-0.4, -0.2) is 33.5 Å². The highest BCUT2D eigenvalue weighted by Gasteiger charge is 2.30. The molecule has 1 saturated heterocycles. The van der Waals surface area contributed by atoms with Crippen molar-refractivity contribution < 1.29 is 9.53 Å². The lowest BCUT2D eigenvalue weighted by Gasteiger charge is -2.27. The molecular formula is C19H25N3O2. The van der Waals surface area contributed by atoms with Gasteiger partial charge in [-0.15, -0.1) is 0 Å². The maximum Gasteiger partial charge on any atom is 0.249 e. The number of ether oxygens (including phenoxy) is 1. The van der Waals surface area contributed by atoms with Gasteiger partial charge in [-0.05, 0) is 43.4 Å². The van der Waals surface area contributed by atoms with Crippen molar-refractivity contribution in [2.75, 3.05) is 13.2 Å². The molecule has 1 aromatic carbocycles. The zero-order chi connectivity index (χ0) is 17.1. The number of benzene rings is 1. The second kappa shape index (κ2) is 7.18. The standard InChI is InChI=1S/C19H25N3O2/c1-14-6-4-7-16(15(14)2)17-8-5-10-22(17)19(23)13-24-12-18-20-9-11-21(18)3/h4,6-7,9,11,17H,5,8,10,12-13H2,1-3H3. The van der Waals surface area contributed by atoms with Gasteiger partial charge in [-0.1, -0.05) is 18.2 Å². The van der Waals surface area contributed by atoms with Crippen LogP contribution in [0.15, 0.2) is 30.6 Å². The molecule has 0 bridgehead atoms. The van der Waals surface area contributed by atoms with E-state index >= 15 is 0 Å². The first kappa shape index (κ1) is 16.7. The largest absolute Gasteiger partial charge is 0.364 e. The molecular weight excluding hydrogens is 302 g/mol. The molecule has 2 heterocycles. The maximum absolute atomic E-state index is 12.6. The van der Waals surface area contributed by atoms with Crippen LogP contribution in [0.3, 0.4) is 0 Å². The fraction of sp³-hybridized carbons (Fsp3) is 0.474. The predicted octanol–water partition coefficient (Wildman–Crippen LogP) is 2.92. The highest BCUT2D eigenvalue weighted by Crippen LogP contribution is 2.34. The molecule has 0 radical (unpaired) electrons. The number of hydrogen-bond acceptors (Lipinski definition) is 3. The van der Waals surface area contributed by atoms with Gasteiger partial charge in [0.25, 0.3) is 0 Å². The molecule has 128 valence electrons. The summed E-state index contributed by atoms with van der Waals surface area (Å²) in [5.41, 5.74) is 3.83. The van der Waals surface area contributed by atoms with Crippen molar-refractivity contribution >= 4 is 5.91 Å². The molecule has 1 atom stereocenters. The van der Waals surface area contributed by atoms with E-state index in [0.29, 0.717) is 6.61 Å². The van der Waals surface area contributed by atoms with Gasteiger partial charge in [-0.2, -0.15) is 0 Å². The van der Waals surface area contributed by atoms with Gasteiger partial charge in [-0.25, -0.2) is 4.98 Å². The molecule has 0 spiro atoms. The van der Waals surface area contributed by atoms with E-state index in [2.05, 4.69) is 37.0 Å². The summed E-state index contributed by atoms with van der Waals surface area (Å²) in [5, 5.41) is 0. The number of carbonyl (C=O) groups excluding carboxylic acids is 1. The predicted molar refractivity (Wildman–Crippen MR) is 92.5 cm³/mol. The number of rotatable bonds is 5. The fourth-order valence-corrected chi connectivity index (χ4v) is 3.37. The second-order valence-electron chi connectivity index (χ2n) is 6.48. The summed E-state index contributed by atoms with van der Waals surface area (Å²) in [4.78, 5) is 18.8. The van der Waals surface area contributed by atoms with Crippen LogP contribution in [-0.2, 0) is 23.2 Å². The first-order valence-electron chi connectivity index (χ1n) is 8.47. The number of amides is 1. The van der Waals surface area contributed by atoms with Crippen molar-refractivity contribution in [2.24, 2.45) is 7.05 Å². The van der Waals surface area contributed by atoms with Crippen molar-refractivity contribution in [3.8, 4) is 0 Å². The monoisotopic (exact) mass is 327 g/mol. The van der Waals surface area contributed by atoms with Gasteiger partial charge in [0.1, 0.15) is 19.0 Å². The fourth-order valence-electron chi connectivity index (χ4n) is 3.37. The molecule has 1 fully saturated rings. The molecule has 0 N–H and O–H groups in total. The summed E-state index contributed by atoms with van der Waals surface area (Å²) in [6.45, 7) is 5.53. The van der Waals surface area contributed by atoms with E-state index in [4.69, 9.17) is 4.74 Å². The van der Waals surface area contributed by atoms with Gasteiger partial charge in [-0.3, -0.25) is 4.79 Å². The first-order valence-corrected chi connectivity index (χ1v) is 8.47. The summed E-state index contributed by atoms with van der Waals surface area (Å²) in [7, 11) is 1.92. The van der Waals surface area contributed by atoms with E-state index in [-0.39, 0.29) is 18.6 Å². The molecule has 1 aromatic heterocycles. The number of imidazole rings is 1. The lowest BCUT2D eigenvalue weighted by molar-refractivity contribution is -0.137. The Kier molecular flexibility index (Phi) is 5.00. The average Bonchev–Trinajstić information content (AvgIpc) is 3.19. The third-order valence-electron chi connectivity index (χ3n) is 4.96. The number of likely N-dealkylation sites (tertiary alicyclic amines) is 1. The Bertz CT molecular complexity index is 723. The van der Waals surface area contributed by atoms with E-state index in [1.165, 1.54) is 16.7 Å². The summed E-state index contributed by atoms with van der Waals surface area (Å²) >= 11 is 0. The molecule has 2 aromatic rings. The summed E-state index contributed by atoms with van der Waals surface area (Å²) in [6.07, 6.45) is 5.67. The summed E-state index contributed by atoms with van der Waals surface area (Å²) in [5.74, 6) is 0.892. The zero-order valence-corrected chi connectivity index (χ0v) is 14.7. The Labute approximate surface area is 143 Å². The lowest BCUT2D eigenvalue weighted by atomic mass is 9.96. The Balaban J connectivity index is 1.63. The van der Waals surface area contributed by atoms with E-state index < -0.39 is 0 Å². The van der Waals surface area contributed by atoms with Crippen molar-refractivity contribution in [1.29, 1.82) is 0 Å². The third-order valence-corrected chi connectivity index (χ3v) is 4.96. The van der Waals surface area contributed by atoms with Gasteiger partial charge in [0.2, 0.25) is 5.91 Å². The van der Waals surface area contributed by atoms with Crippen molar-refractivity contribution in [2.45, 2.75) is 39.3 Å². The molecule has 5 heteroatoms. The highest BCUT2D eigenvalue weighted by molar-refractivity contribution is 5.78. The molecule has 24 heavy (non-hydrogen) atoms. The third kappa shape index (κ3) is 3.36. The van der Waals surface area contributed by atoms with E-state index in [0.717, 1.165) is 25.2 Å². The Hall–Kier alpha value is -2.14. The number of aromatic nitrogens is 2. The van der Waals surface area contributed by atoms with Crippen molar-refractivity contribution in [1.82, 2.24) is 14.5 Å². The minimum Gasteiger partial charge on any atom is -0.364 e. The Morgan fingerprint density at radius 1 is 1.38 bits per heavy atom. The highest BCUT2D eigenvalue weighted by atomic mass is 16.5. The van der Waals surface area contributed by atoms with Gasteiger partial charge < -0.3 is 14.2 Å². The minimum absolute atomic E-state index is 0.0626. The average molecular weight is 327 g/mol. The molecule has 0 saturated carbocycles. The van der Waals surface area contributed by atoms with Gasteiger partial charge in [0.05, 0.1) is 6.04 Å². The number of nitrogens with zero attached hydrogens (tertiary/aromatic N) is 3. The number of aryl methyl sites for hydroxylation is 2. The number of carbonyl (C=O) groups is 1. The summed E-state index contributed by atoms with van der Waals surface area (Å²) < 4.78 is 7.50. The van der Waals surface area contributed by atoms with Gasteiger partial charge in [0, 0.05) is 26.0 Å².